The summed E-state index contributed by atoms with van der Waals surface area (Å²) >= 11 is 0. The second-order valence-corrected chi connectivity index (χ2v) is 8.98. The molecule has 1 fully saturated rings. The lowest BCUT2D eigenvalue weighted by Gasteiger charge is -2.32. The van der Waals surface area contributed by atoms with E-state index < -0.39 is 47.1 Å². The van der Waals surface area contributed by atoms with Gasteiger partial charge in [-0.2, -0.15) is 17.6 Å². The number of halogens is 5. The van der Waals surface area contributed by atoms with Crippen molar-refractivity contribution in [2.24, 2.45) is 5.92 Å². The third-order valence-corrected chi connectivity index (χ3v) is 7.03. The van der Waals surface area contributed by atoms with E-state index in [-0.39, 0.29) is 16.7 Å². The molecular formula is C23H25F5N2O3. The topological polar surface area (TPSA) is 54.6 Å². The normalized spacial score (nSPS) is 28.1. The number of nitrogens with zero attached hydrogens (tertiary/aromatic N) is 1. The average molecular weight is 472 g/mol. The number of alkyl halides is 3. The van der Waals surface area contributed by atoms with Gasteiger partial charge in [-0.1, -0.05) is 13.0 Å². The SMILES string of the molecule is COc1c([C@H]2[C@H](c3cc(=O)c4c([nH]3)CCN(C)C4)O[C@@](C)(C(F)(F)F)[C@H]2C)ccc(F)c1F. The second-order valence-electron chi connectivity index (χ2n) is 8.98. The molecule has 0 amide bonds. The van der Waals surface area contributed by atoms with Gasteiger partial charge in [0.25, 0.3) is 0 Å². The predicted molar refractivity (Wildman–Crippen MR) is 110 cm³/mol. The van der Waals surface area contributed by atoms with Crippen molar-refractivity contribution >= 4 is 0 Å². The van der Waals surface area contributed by atoms with Crippen molar-refractivity contribution in [2.75, 3.05) is 20.7 Å². The molecule has 33 heavy (non-hydrogen) atoms. The van der Waals surface area contributed by atoms with Crippen LogP contribution in [0, 0.1) is 17.6 Å². The molecule has 5 nitrogen and oxygen atoms in total. The molecule has 0 bridgehead atoms. The highest BCUT2D eigenvalue weighted by Crippen LogP contribution is 2.59. The summed E-state index contributed by atoms with van der Waals surface area (Å²) in [6, 6.07) is 3.31. The van der Waals surface area contributed by atoms with E-state index in [0.717, 1.165) is 20.1 Å². The molecule has 0 aliphatic carbocycles. The first kappa shape index (κ1) is 23.7. The minimum atomic E-state index is -4.75. The lowest BCUT2D eigenvalue weighted by atomic mass is 9.76. The molecule has 4 atom stereocenters. The number of fused-ring (bicyclic) bond motifs is 1. The quantitative estimate of drug-likeness (QED) is 0.671. The molecule has 1 aromatic heterocycles. The van der Waals surface area contributed by atoms with Crippen LogP contribution in [-0.4, -0.2) is 42.4 Å². The first-order chi connectivity index (χ1) is 15.4. The number of H-pyrrole nitrogens is 1. The van der Waals surface area contributed by atoms with Gasteiger partial charge in [-0.3, -0.25) is 4.79 Å². The maximum absolute atomic E-state index is 14.5. The van der Waals surface area contributed by atoms with Crippen LogP contribution in [0.2, 0.25) is 0 Å². The van der Waals surface area contributed by atoms with Crippen molar-refractivity contribution in [1.82, 2.24) is 9.88 Å². The Bertz CT molecular complexity index is 1130. The van der Waals surface area contributed by atoms with Gasteiger partial charge >= 0.3 is 6.18 Å². The molecule has 0 unspecified atom stereocenters. The lowest BCUT2D eigenvalue weighted by molar-refractivity contribution is -0.275. The Labute approximate surface area is 187 Å². The van der Waals surface area contributed by atoms with Crippen molar-refractivity contribution in [3.05, 3.63) is 62.6 Å². The highest BCUT2D eigenvalue weighted by atomic mass is 19.4. The lowest BCUT2D eigenvalue weighted by Crippen LogP contribution is -2.46. The molecule has 4 rings (SSSR count). The fourth-order valence-electron chi connectivity index (χ4n) is 4.93. The monoisotopic (exact) mass is 472 g/mol. The minimum absolute atomic E-state index is 0.0418. The van der Waals surface area contributed by atoms with Gasteiger partial charge in [0.2, 0.25) is 5.82 Å². The third kappa shape index (κ3) is 3.73. The summed E-state index contributed by atoms with van der Waals surface area (Å²) in [5, 5.41) is 0. The van der Waals surface area contributed by atoms with E-state index in [1.54, 1.807) is 0 Å². The predicted octanol–water partition coefficient (Wildman–Crippen LogP) is 4.46. The molecule has 1 aromatic carbocycles. The molecule has 0 spiro atoms. The number of aromatic amines is 1. The number of nitrogens with one attached hydrogen (secondary N) is 1. The molecule has 2 aliphatic heterocycles. The van der Waals surface area contributed by atoms with Gasteiger partial charge in [0.15, 0.2) is 22.6 Å². The van der Waals surface area contributed by atoms with Crippen molar-refractivity contribution in [2.45, 2.75) is 50.6 Å². The summed E-state index contributed by atoms with van der Waals surface area (Å²) in [5.74, 6) is -5.21. The number of methoxy groups -OCH3 is 1. The van der Waals surface area contributed by atoms with Gasteiger partial charge in [-0.25, -0.2) is 4.39 Å². The van der Waals surface area contributed by atoms with Gasteiger partial charge in [0.1, 0.15) is 6.10 Å². The zero-order valence-corrected chi connectivity index (χ0v) is 18.6. The summed E-state index contributed by atoms with van der Waals surface area (Å²) in [7, 11) is 3.00. The molecule has 2 aliphatic rings. The van der Waals surface area contributed by atoms with Crippen LogP contribution in [0.3, 0.4) is 0 Å². The van der Waals surface area contributed by atoms with E-state index in [4.69, 9.17) is 9.47 Å². The van der Waals surface area contributed by atoms with Crippen molar-refractivity contribution in [1.29, 1.82) is 0 Å². The summed E-state index contributed by atoms with van der Waals surface area (Å²) in [6.45, 7) is 3.38. The van der Waals surface area contributed by atoms with Gasteiger partial charge in [0, 0.05) is 59.9 Å². The van der Waals surface area contributed by atoms with Crippen LogP contribution in [0.4, 0.5) is 22.0 Å². The summed E-state index contributed by atoms with van der Waals surface area (Å²) < 4.78 is 81.4. The number of benzene rings is 1. The molecule has 10 heteroatoms. The van der Waals surface area contributed by atoms with E-state index in [9.17, 15) is 26.7 Å². The van der Waals surface area contributed by atoms with Crippen LogP contribution in [0.1, 0.15) is 48.4 Å². The van der Waals surface area contributed by atoms with Gasteiger partial charge in [0.05, 0.1) is 7.11 Å². The maximum atomic E-state index is 14.5. The summed E-state index contributed by atoms with van der Waals surface area (Å²) in [6.07, 6.45) is -5.49. The first-order valence-electron chi connectivity index (χ1n) is 10.6. The number of rotatable bonds is 3. The summed E-state index contributed by atoms with van der Waals surface area (Å²) in [5.41, 5.74) is -1.49. The number of hydrogen-bond donors (Lipinski definition) is 1. The summed E-state index contributed by atoms with van der Waals surface area (Å²) in [4.78, 5) is 17.9. The number of ether oxygens (including phenoxy) is 2. The van der Waals surface area contributed by atoms with E-state index >= 15 is 0 Å². The van der Waals surface area contributed by atoms with Crippen LogP contribution in [0.5, 0.6) is 5.75 Å². The Morgan fingerprint density at radius 3 is 2.61 bits per heavy atom. The van der Waals surface area contributed by atoms with Crippen LogP contribution in [0.25, 0.3) is 0 Å². The van der Waals surface area contributed by atoms with E-state index in [1.165, 1.54) is 19.1 Å². The van der Waals surface area contributed by atoms with E-state index in [1.807, 2.05) is 11.9 Å². The third-order valence-electron chi connectivity index (χ3n) is 7.03. The highest BCUT2D eigenvalue weighted by molar-refractivity contribution is 5.42. The molecule has 0 radical (unpaired) electrons. The highest BCUT2D eigenvalue weighted by Gasteiger charge is 2.65. The van der Waals surface area contributed by atoms with Crippen molar-refractivity contribution < 1.29 is 31.4 Å². The zero-order valence-electron chi connectivity index (χ0n) is 18.6. The second kappa shape index (κ2) is 8.09. The fraction of sp³-hybridized carbons (Fsp3) is 0.522. The zero-order chi connectivity index (χ0) is 24.3. The van der Waals surface area contributed by atoms with Crippen molar-refractivity contribution in [3.8, 4) is 5.75 Å². The molecular weight excluding hydrogens is 447 g/mol. The minimum Gasteiger partial charge on any atom is -0.493 e. The van der Waals surface area contributed by atoms with Gasteiger partial charge in [-0.15, -0.1) is 0 Å². The van der Waals surface area contributed by atoms with E-state index in [0.29, 0.717) is 30.8 Å². The van der Waals surface area contributed by atoms with Crippen molar-refractivity contribution in [3.63, 3.8) is 0 Å². The standard InChI is InChI=1S/C23H25F5N2O3/c1-11-18(12-5-6-14(24)19(25)20(12)32-4)21(33-22(11,2)23(26,27)28)16-9-17(31)13-10-30(3)8-7-15(13)29-16/h5-6,9,11,18,21H,7-8,10H2,1-4H3,(H,29,31)/t11-,18-,21-,22+/m0/s1. The number of aromatic nitrogens is 1. The Balaban J connectivity index is 1.90. The molecule has 180 valence electrons. The largest absolute Gasteiger partial charge is 0.493 e. The van der Waals surface area contributed by atoms with Gasteiger partial charge in [-0.05, 0) is 20.0 Å². The van der Waals surface area contributed by atoms with Crippen LogP contribution >= 0.6 is 0 Å². The Kier molecular flexibility index (Phi) is 5.81. The maximum Gasteiger partial charge on any atom is 0.417 e. The van der Waals surface area contributed by atoms with Crippen LogP contribution in [-0.2, 0) is 17.7 Å². The smallest absolute Gasteiger partial charge is 0.417 e. The van der Waals surface area contributed by atoms with E-state index in [2.05, 4.69) is 4.98 Å². The Morgan fingerprint density at radius 2 is 1.97 bits per heavy atom. The molecule has 2 aromatic rings. The first-order valence-corrected chi connectivity index (χ1v) is 10.6. The molecule has 1 N–H and O–H groups in total. The Morgan fingerprint density at radius 1 is 1.27 bits per heavy atom. The fourth-order valence-corrected chi connectivity index (χ4v) is 4.93. The van der Waals surface area contributed by atoms with Crippen LogP contribution < -0.4 is 10.2 Å². The molecule has 1 saturated heterocycles. The number of hydrogen-bond acceptors (Lipinski definition) is 4. The average Bonchev–Trinajstić information content (AvgIpc) is 3.02. The number of pyridine rings is 1. The van der Waals surface area contributed by atoms with Crippen LogP contribution in [0.15, 0.2) is 23.0 Å². The molecule has 3 heterocycles. The molecule has 0 saturated carbocycles. The number of likely N-dealkylation sites (N-methyl/N-ethyl adjacent to an activating group) is 1. The van der Waals surface area contributed by atoms with Gasteiger partial charge < -0.3 is 19.4 Å². The Hall–Kier alpha value is -2.46.